The van der Waals surface area contributed by atoms with Crippen molar-refractivity contribution in [2.45, 2.75) is 0 Å². The first-order chi connectivity index (χ1) is 12.0. The molecule has 2 aromatic carbocycles. The number of nitrogens with zero attached hydrogens (tertiary/aromatic N) is 2. The number of nitrogens with one attached hydrogen (secondary N) is 3. The molecule has 7 nitrogen and oxygen atoms in total. The van der Waals surface area contributed by atoms with Crippen LogP contribution in [-0.2, 0) is 0 Å². The number of aromatic nitrogens is 4. The van der Waals surface area contributed by atoms with Crippen molar-refractivity contribution >= 4 is 32.8 Å². The van der Waals surface area contributed by atoms with Crippen LogP contribution in [0.3, 0.4) is 0 Å². The fraction of sp³-hybridized carbons (Fsp3) is 0. The number of fused-ring (bicyclic) bond motifs is 1. The second-order valence-corrected chi connectivity index (χ2v) is 6.45. The molecule has 0 saturated carbocycles. The molecule has 0 aliphatic carbocycles. The van der Waals surface area contributed by atoms with Gasteiger partial charge in [0.2, 0.25) is 0 Å². The maximum Gasteiger partial charge on any atom is 0.172 e. The first-order valence-electron chi connectivity index (χ1n) is 7.41. The Hall–Kier alpha value is -3.13. The van der Waals surface area contributed by atoms with E-state index in [1.54, 1.807) is 18.2 Å². The molecule has 4 aromatic rings. The monoisotopic (exact) mass is 396 g/mol. The second kappa shape index (κ2) is 5.75. The molecule has 0 bridgehead atoms. The number of aromatic hydroxyl groups is 1. The number of hydrogen-bond acceptors (Lipinski definition) is 4. The lowest BCUT2D eigenvalue weighted by molar-refractivity contribution is 0.479. The Balaban J connectivity index is 1.78. The van der Waals surface area contributed by atoms with E-state index < -0.39 is 0 Å². The zero-order chi connectivity index (χ0) is 17.6. The van der Waals surface area contributed by atoms with E-state index >= 15 is 0 Å². The Bertz CT molecular complexity index is 1100. The van der Waals surface area contributed by atoms with Crippen molar-refractivity contribution in [3.05, 3.63) is 52.5 Å². The maximum absolute atomic E-state index is 10.6. The normalized spacial score (nSPS) is 11.1. The van der Waals surface area contributed by atoms with Crippen LogP contribution in [0.15, 0.2) is 46.9 Å². The highest BCUT2D eigenvalue weighted by molar-refractivity contribution is 9.10. The smallest absolute Gasteiger partial charge is 0.172 e. The molecule has 0 aliphatic heterocycles. The molecule has 0 unspecified atom stereocenters. The number of H-pyrrole nitrogens is 2. The molecule has 2 aromatic heterocycles. The fourth-order valence-corrected chi connectivity index (χ4v) is 2.87. The maximum atomic E-state index is 10.6. The van der Waals surface area contributed by atoms with Gasteiger partial charge < -0.3 is 15.8 Å². The number of nitrogen functional groups attached to an aromatic ring is 1. The molecule has 6 N–H and O–H groups in total. The minimum Gasteiger partial charge on any atom is -0.504 e. The summed E-state index contributed by atoms with van der Waals surface area (Å²) < 4.78 is 0.949. The van der Waals surface area contributed by atoms with Crippen LogP contribution in [0.2, 0.25) is 0 Å². The van der Waals surface area contributed by atoms with Crippen molar-refractivity contribution in [1.82, 2.24) is 20.2 Å². The summed E-state index contributed by atoms with van der Waals surface area (Å²) in [5.41, 5.74) is 9.18. The van der Waals surface area contributed by atoms with Gasteiger partial charge in [-0.05, 0) is 30.3 Å². The van der Waals surface area contributed by atoms with Gasteiger partial charge in [-0.15, -0.1) is 0 Å². The lowest BCUT2D eigenvalue weighted by atomic mass is 10.1. The quantitative estimate of drug-likeness (QED) is 0.268. The standard InChI is InChI=1S/C17H13BrN6O/c18-10-4-1-8(2-5-10)13-15(25)14(24-23-13)17-21-11-6-3-9(16(19)20)7-12(11)22-17/h1-7,25H,(H3,19,20)(H,21,22)(H,23,24). The van der Waals surface area contributed by atoms with Gasteiger partial charge in [-0.25, -0.2) is 4.98 Å². The molecule has 0 radical (unpaired) electrons. The highest BCUT2D eigenvalue weighted by Crippen LogP contribution is 2.35. The molecular weight excluding hydrogens is 384 g/mol. The Morgan fingerprint density at radius 3 is 2.64 bits per heavy atom. The van der Waals surface area contributed by atoms with Crippen LogP contribution in [0.1, 0.15) is 5.56 Å². The van der Waals surface area contributed by atoms with Gasteiger partial charge in [0.25, 0.3) is 0 Å². The van der Waals surface area contributed by atoms with E-state index in [9.17, 15) is 5.11 Å². The van der Waals surface area contributed by atoms with E-state index in [0.717, 1.165) is 15.6 Å². The summed E-state index contributed by atoms with van der Waals surface area (Å²) >= 11 is 3.38. The zero-order valence-corrected chi connectivity index (χ0v) is 14.4. The molecule has 0 aliphatic rings. The minimum atomic E-state index is -0.0200. The third-order valence-corrected chi connectivity index (χ3v) is 4.42. The van der Waals surface area contributed by atoms with Gasteiger partial charge in [-0.2, -0.15) is 5.10 Å². The molecule has 0 saturated heterocycles. The molecular formula is C17H13BrN6O. The van der Waals surface area contributed by atoms with E-state index in [0.29, 0.717) is 28.3 Å². The summed E-state index contributed by atoms with van der Waals surface area (Å²) in [7, 11) is 0. The summed E-state index contributed by atoms with van der Waals surface area (Å²) in [6, 6.07) is 12.8. The summed E-state index contributed by atoms with van der Waals surface area (Å²) in [5, 5.41) is 25.1. The highest BCUT2D eigenvalue weighted by Gasteiger charge is 2.18. The number of amidine groups is 1. The molecule has 4 rings (SSSR count). The average molecular weight is 397 g/mol. The number of rotatable bonds is 3. The van der Waals surface area contributed by atoms with E-state index in [1.807, 2.05) is 24.3 Å². The van der Waals surface area contributed by atoms with Gasteiger partial charge in [0.05, 0.1) is 11.0 Å². The van der Waals surface area contributed by atoms with E-state index in [2.05, 4.69) is 36.1 Å². The van der Waals surface area contributed by atoms with Gasteiger partial charge in [-0.3, -0.25) is 10.5 Å². The Morgan fingerprint density at radius 1 is 1.16 bits per heavy atom. The zero-order valence-electron chi connectivity index (χ0n) is 12.8. The van der Waals surface area contributed by atoms with Crippen molar-refractivity contribution in [2.24, 2.45) is 5.73 Å². The lowest BCUT2D eigenvalue weighted by Gasteiger charge is -1.98. The first kappa shape index (κ1) is 15.4. The Labute approximate surface area is 150 Å². The van der Waals surface area contributed by atoms with Crippen LogP contribution < -0.4 is 5.73 Å². The number of aromatic amines is 2. The molecule has 25 heavy (non-hydrogen) atoms. The molecule has 0 spiro atoms. The highest BCUT2D eigenvalue weighted by atomic mass is 79.9. The first-order valence-corrected chi connectivity index (χ1v) is 8.20. The molecule has 2 heterocycles. The minimum absolute atomic E-state index is 0.0200. The van der Waals surface area contributed by atoms with Crippen molar-refractivity contribution < 1.29 is 5.11 Å². The molecule has 0 fully saturated rings. The van der Waals surface area contributed by atoms with E-state index in [-0.39, 0.29) is 11.6 Å². The van der Waals surface area contributed by atoms with Gasteiger partial charge in [0.15, 0.2) is 11.6 Å². The molecule has 8 heteroatoms. The third kappa shape index (κ3) is 2.66. The second-order valence-electron chi connectivity index (χ2n) is 5.53. The fourth-order valence-electron chi connectivity index (χ4n) is 2.60. The SMILES string of the molecule is N=C(N)c1ccc2[nH]c(-c3[nH]nc(-c4ccc(Br)cc4)c3O)nc2c1. The molecule has 0 amide bonds. The van der Waals surface area contributed by atoms with Gasteiger partial charge >= 0.3 is 0 Å². The van der Waals surface area contributed by atoms with Crippen molar-refractivity contribution in [3.63, 3.8) is 0 Å². The van der Waals surface area contributed by atoms with Crippen LogP contribution in [0.5, 0.6) is 5.75 Å². The summed E-state index contributed by atoms with van der Waals surface area (Å²) in [6.07, 6.45) is 0. The van der Waals surface area contributed by atoms with Crippen LogP contribution >= 0.6 is 15.9 Å². The van der Waals surface area contributed by atoms with Gasteiger partial charge in [-0.1, -0.05) is 28.1 Å². The van der Waals surface area contributed by atoms with Crippen molar-refractivity contribution in [3.8, 4) is 28.5 Å². The number of halogens is 1. The summed E-state index contributed by atoms with van der Waals surface area (Å²) in [5.74, 6) is 0.464. The topological polar surface area (TPSA) is 127 Å². The summed E-state index contributed by atoms with van der Waals surface area (Å²) in [4.78, 5) is 7.59. The lowest BCUT2D eigenvalue weighted by Crippen LogP contribution is -2.10. The van der Waals surface area contributed by atoms with Crippen molar-refractivity contribution in [1.29, 1.82) is 5.41 Å². The Kier molecular flexibility index (Phi) is 3.54. The average Bonchev–Trinajstić information content (AvgIpc) is 3.18. The number of hydrogen-bond donors (Lipinski definition) is 5. The third-order valence-electron chi connectivity index (χ3n) is 3.89. The van der Waals surface area contributed by atoms with Crippen LogP contribution in [0.25, 0.3) is 33.8 Å². The molecule has 0 atom stereocenters. The van der Waals surface area contributed by atoms with Gasteiger partial charge in [0.1, 0.15) is 17.2 Å². The van der Waals surface area contributed by atoms with Crippen LogP contribution in [-0.4, -0.2) is 31.1 Å². The summed E-state index contributed by atoms with van der Waals surface area (Å²) in [6.45, 7) is 0. The van der Waals surface area contributed by atoms with Crippen LogP contribution in [0.4, 0.5) is 0 Å². The number of nitrogens with two attached hydrogens (primary N) is 1. The van der Waals surface area contributed by atoms with Crippen LogP contribution in [0, 0.1) is 5.41 Å². The van der Waals surface area contributed by atoms with E-state index in [4.69, 9.17) is 11.1 Å². The predicted octanol–water partition coefficient (Wildman–Crippen LogP) is 3.37. The Morgan fingerprint density at radius 2 is 1.92 bits per heavy atom. The number of imidazole rings is 1. The predicted molar refractivity (Wildman–Crippen MR) is 99.5 cm³/mol. The van der Waals surface area contributed by atoms with Crippen molar-refractivity contribution in [2.75, 3.05) is 0 Å². The van der Waals surface area contributed by atoms with E-state index in [1.165, 1.54) is 0 Å². The largest absolute Gasteiger partial charge is 0.504 e. The van der Waals surface area contributed by atoms with Gasteiger partial charge in [0, 0.05) is 15.6 Å². The molecule has 124 valence electrons. The number of benzene rings is 2.